The van der Waals surface area contributed by atoms with Crippen molar-refractivity contribution in [3.8, 4) is 11.3 Å². The molecule has 1 aliphatic heterocycles. The number of anilines is 1. The van der Waals surface area contributed by atoms with Crippen LogP contribution in [0.15, 0.2) is 79.0 Å². The quantitative estimate of drug-likeness (QED) is 0.323. The highest BCUT2D eigenvalue weighted by molar-refractivity contribution is 6.04. The molecule has 1 aliphatic rings. The Bertz CT molecular complexity index is 1530. The zero-order valence-corrected chi connectivity index (χ0v) is 23.4. The average molecular weight is 537 g/mol. The van der Waals surface area contributed by atoms with Gasteiger partial charge in [0.25, 0.3) is 5.91 Å². The summed E-state index contributed by atoms with van der Waals surface area (Å²) in [4.78, 5) is 39.9. The monoisotopic (exact) mass is 536 g/mol. The number of likely N-dealkylation sites (tertiary alicyclic amines) is 1. The summed E-state index contributed by atoms with van der Waals surface area (Å²) >= 11 is 0. The second kappa shape index (κ2) is 12.3. The SMILES string of the molecule is Cc1cccc2nc(NC(=O)c3ccnc(-c4ccccc4)c3)n([C@@H]3CCCCN(C(=O)/C=C/CN(C)C)C3)c12. The van der Waals surface area contributed by atoms with Crippen LogP contribution < -0.4 is 5.32 Å². The molecule has 0 aliphatic carbocycles. The van der Waals surface area contributed by atoms with Crippen molar-refractivity contribution in [2.75, 3.05) is 39.0 Å². The highest BCUT2D eigenvalue weighted by atomic mass is 16.2. The fourth-order valence-corrected chi connectivity index (χ4v) is 5.28. The molecule has 8 nitrogen and oxygen atoms in total. The van der Waals surface area contributed by atoms with Crippen LogP contribution in [0.25, 0.3) is 22.3 Å². The molecule has 206 valence electrons. The fourth-order valence-electron chi connectivity index (χ4n) is 5.28. The van der Waals surface area contributed by atoms with Crippen molar-refractivity contribution >= 4 is 28.8 Å². The fraction of sp³-hybridized carbons (Fsp3) is 0.312. The number of amides is 2. The average Bonchev–Trinajstić information content (AvgIpc) is 3.15. The van der Waals surface area contributed by atoms with Gasteiger partial charge in [0, 0.05) is 43.0 Å². The van der Waals surface area contributed by atoms with Crippen LogP contribution in [0.2, 0.25) is 0 Å². The highest BCUT2D eigenvalue weighted by Crippen LogP contribution is 2.32. The molecule has 2 aromatic heterocycles. The van der Waals surface area contributed by atoms with E-state index in [1.54, 1.807) is 24.4 Å². The van der Waals surface area contributed by atoms with Crippen LogP contribution in [-0.2, 0) is 4.79 Å². The molecule has 0 spiro atoms. The summed E-state index contributed by atoms with van der Waals surface area (Å²) in [6.07, 6.45) is 8.05. The largest absolute Gasteiger partial charge is 0.337 e. The number of hydrogen-bond acceptors (Lipinski definition) is 5. The van der Waals surface area contributed by atoms with Crippen LogP contribution >= 0.6 is 0 Å². The first-order chi connectivity index (χ1) is 19.4. The van der Waals surface area contributed by atoms with Crippen LogP contribution in [-0.4, -0.2) is 69.9 Å². The normalized spacial score (nSPS) is 16.0. The molecule has 40 heavy (non-hydrogen) atoms. The van der Waals surface area contributed by atoms with Gasteiger partial charge in [0.2, 0.25) is 11.9 Å². The maximum absolute atomic E-state index is 13.5. The summed E-state index contributed by atoms with van der Waals surface area (Å²) in [7, 11) is 3.96. The number of fused-ring (bicyclic) bond motifs is 1. The molecule has 1 saturated heterocycles. The van der Waals surface area contributed by atoms with Gasteiger partial charge < -0.3 is 14.4 Å². The van der Waals surface area contributed by atoms with E-state index in [-0.39, 0.29) is 17.9 Å². The van der Waals surface area contributed by atoms with Crippen molar-refractivity contribution in [2.45, 2.75) is 32.2 Å². The lowest BCUT2D eigenvalue weighted by molar-refractivity contribution is -0.126. The molecule has 0 radical (unpaired) electrons. The molecule has 5 rings (SSSR count). The van der Waals surface area contributed by atoms with E-state index in [0.717, 1.165) is 47.1 Å². The number of pyridine rings is 1. The van der Waals surface area contributed by atoms with Crippen molar-refractivity contribution < 1.29 is 9.59 Å². The maximum Gasteiger partial charge on any atom is 0.258 e. The Labute approximate surface area is 235 Å². The third kappa shape index (κ3) is 6.13. The van der Waals surface area contributed by atoms with Crippen molar-refractivity contribution in [1.29, 1.82) is 0 Å². The van der Waals surface area contributed by atoms with Crippen LogP contribution in [0.3, 0.4) is 0 Å². The minimum absolute atomic E-state index is 0.0192. The van der Waals surface area contributed by atoms with Crippen molar-refractivity contribution in [1.82, 2.24) is 24.3 Å². The van der Waals surface area contributed by atoms with Gasteiger partial charge in [-0.3, -0.25) is 19.9 Å². The number of imidazole rings is 1. The van der Waals surface area contributed by atoms with E-state index in [1.165, 1.54) is 0 Å². The van der Waals surface area contributed by atoms with Crippen molar-refractivity contribution in [3.05, 3.63) is 90.1 Å². The van der Waals surface area contributed by atoms with Gasteiger partial charge in [0.15, 0.2) is 0 Å². The molecule has 1 atom stereocenters. The van der Waals surface area contributed by atoms with E-state index in [1.807, 2.05) is 72.4 Å². The molecule has 1 N–H and O–H groups in total. The number of para-hydroxylation sites is 1. The van der Waals surface area contributed by atoms with Gasteiger partial charge in [-0.2, -0.15) is 0 Å². The molecular weight excluding hydrogens is 500 g/mol. The van der Waals surface area contributed by atoms with Crippen molar-refractivity contribution in [2.24, 2.45) is 0 Å². The van der Waals surface area contributed by atoms with E-state index >= 15 is 0 Å². The number of hydrogen-bond donors (Lipinski definition) is 1. The van der Waals surface area contributed by atoms with Gasteiger partial charge in [-0.1, -0.05) is 48.5 Å². The van der Waals surface area contributed by atoms with E-state index in [9.17, 15) is 9.59 Å². The Morgan fingerprint density at radius 2 is 1.90 bits per heavy atom. The highest BCUT2D eigenvalue weighted by Gasteiger charge is 2.27. The lowest BCUT2D eigenvalue weighted by Gasteiger charge is -2.26. The van der Waals surface area contributed by atoms with Crippen LogP contribution in [0.4, 0.5) is 5.95 Å². The second-order valence-electron chi connectivity index (χ2n) is 10.6. The molecule has 2 aromatic carbocycles. The minimum Gasteiger partial charge on any atom is -0.337 e. The molecule has 0 unspecified atom stereocenters. The Morgan fingerprint density at radius 1 is 1.07 bits per heavy atom. The Hall–Kier alpha value is -4.30. The van der Waals surface area contributed by atoms with E-state index in [4.69, 9.17) is 4.98 Å². The number of carbonyl (C=O) groups excluding carboxylic acids is 2. The first kappa shape index (κ1) is 27.3. The van der Waals surface area contributed by atoms with Crippen molar-refractivity contribution in [3.63, 3.8) is 0 Å². The Balaban J connectivity index is 1.46. The Kier molecular flexibility index (Phi) is 8.36. The molecular formula is C32H36N6O2. The summed E-state index contributed by atoms with van der Waals surface area (Å²) < 4.78 is 2.14. The first-order valence-corrected chi connectivity index (χ1v) is 13.8. The summed E-state index contributed by atoms with van der Waals surface area (Å²) in [6, 6.07) is 19.3. The molecule has 3 heterocycles. The molecule has 2 amide bonds. The summed E-state index contributed by atoms with van der Waals surface area (Å²) in [5.41, 5.74) is 5.07. The van der Waals surface area contributed by atoms with E-state index in [2.05, 4.69) is 27.9 Å². The van der Waals surface area contributed by atoms with Gasteiger partial charge in [0.1, 0.15) is 0 Å². The zero-order valence-electron chi connectivity index (χ0n) is 23.4. The number of carbonyl (C=O) groups is 2. The number of aromatic nitrogens is 3. The predicted octanol–water partition coefficient (Wildman–Crippen LogP) is 5.33. The molecule has 0 bridgehead atoms. The second-order valence-corrected chi connectivity index (χ2v) is 10.6. The van der Waals surface area contributed by atoms with Crippen LogP contribution in [0.1, 0.15) is 41.2 Å². The number of nitrogens with zero attached hydrogens (tertiary/aromatic N) is 5. The van der Waals surface area contributed by atoms with Gasteiger partial charge in [-0.05, 0) is 64.0 Å². The maximum atomic E-state index is 13.5. The number of nitrogens with one attached hydrogen (secondary N) is 1. The van der Waals surface area contributed by atoms with Gasteiger partial charge in [0.05, 0.1) is 22.8 Å². The Morgan fingerprint density at radius 3 is 2.70 bits per heavy atom. The molecule has 8 heteroatoms. The lowest BCUT2D eigenvalue weighted by Crippen LogP contribution is -2.35. The molecule has 4 aromatic rings. The number of benzene rings is 2. The topological polar surface area (TPSA) is 83.4 Å². The molecule has 1 fully saturated rings. The number of likely N-dealkylation sites (N-methyl/N-ethyl adjacent to an activating group) is 1. The minimum atomic E-state index is -0.248. The third-order valence-electron chi connectivity index (χ3n) is 7.28. The van der Waals surface area contributed by atoms with Crippen LogP contribution in [0.5, 0.6) is 0 Å². The first-order valence-electron chi connectivity index (χ1n) is 13.8. The smallest absolute Gasteiger partial charge is 0.258 e. The summed E-state index contributed by atoms with van der Waals surface area (Å²) in [5.74, 6) is 0.266. The zero-order chi connectivity index (χ0) is 28.1. The summed E-state index contributed by atoms with van der Waals surface area (Å²) in [5, 5.41) is 3.09. The van der Waals surface area contributed by atoms with Gasteiger partial charge >= 0.3 is 0 Å². The van der Waals surface area contributed by atoms with Gasteiger partial charge in [-0.25, -0.2) is 4.98 Å². The van der Waals surface area contributed by atoms with Gasteiger partial charge in [-0.15, -0.1) is 0 Å². The number of aryl methyl sites for hydroxylation is 1. The summed E-state index contributed by atoms with van der Waals surface area (Å²) in [6.45, 7) is 4.05. The third-order valence-corrected chi connectivity index (χ3v) is 7.28. The standard InChI is InChI=1S/C32H36N6O2/c1-23-11-9-15-27-30(23)38(26-14-7-8-20-37(22-26)29(39)16-10-19-36(2)3)32(34-27)35-31(40)25-17-18-33-28(21-25)24-12-5-4-6-13-24/h4-6,9-13,15-18,21,26H,7-8,14,19-20,22H2,1-3H3,(H,34,35,40)/b16-10+/t26-/m1/s1. The van der Waals surface area contributed by atoms with Crippen LogP contribution in [0, 0.1) is 6.92 Å². The molecule has 0 saturated carbocycles. The predicted molar refractivity (Wildman–Crippen MR) is 159 cm³/mol. The number of rotatable bonds is 7. The van der Waals surface area contributed by atoms with E-state index in [0.29, 0.717) is 31.1 Å². The lowest BCUT2D eigenvalue weighted by atomic mass is 10.1. The van der Waals surface area contributed by atoms with E-state index < -0.39 is 0 Å².